The molecule has 0 saturated heterocycles. The molecule has 0 aliphatic heterocycles. The zero-order valence-electron chi connectivity index (χ0n) is 9.31. The molecule has 0 N–H and O–H groups in total. The lowest BCUT2D eigenvalue weighted by molar-refractivity contribution is -0.137. The molecular formula is C11H7BrF3N3S. The maximum atomic E-state index is 12.3. The number of nitriles is 1. The molecule has 100 valence electrons. The van der Waals surface area contributed by atoms with E-state index in [0.29, 0.717) is 16.4 Å². The number of hydrogen-bond donors (Lipinski definition) is 0. The molecule has 0 aliphatic carbocycles. The normalized spacial score (nSPS) is 10.6. The van der Waals surface area contributed by atoms with Crippen LogP contribution in [0.15, 0.2) is 23.7 Å². The van der Waals surface area contributed by atoms with Gasteiger partial charge in [-0.15, -0.1) is 28.3 Å². The summed E-state index contributed by atoms with van der Waals surface area (Å²) in [7, 11) is 0. The molecule has 0 aliphatic rings. The van der Waals surface area contributed by atoms with Crippen molar-refractivity contribution >= 4 is 28.3 Å². The Morgan fingerprint density at radius 1 is 1.26 bits per heavy atom. The molecular weight excluding hydrogens is 343 g/mol. The van der Waals surface area contributed by atoms with Gasteiger partial charge in [-0.3, -0.25) is 4.98 Å². The number of alkyl halides is 3. The molecule has 2 rings (SSSR count). The fourth-order valence-electron chi connectivity index (χ4n) is 1.29. The average Bonchev–Trinajstić information content (AvgIpc) is 2.77. The largest absolute Gasteiger partial charge is 0.417 e. The second kappa shape index (κ2) is 6.12. The van der Waals surface area contributed by atoms with Gasteiger partial charge in [0.05, 0.1) is 29.4 Å². The molecule has 0 atom stereocenters. The van der Waals surface area contributed by atoms with Crippen molar-refractivity contribution in [2.45, 2.75) is 12.6 Å². The fraction of sp³-hybridized carbons (Fsp3) is 0.182. The molecule has 0 spiro atoms. The van der Waals surface area contributed by atoms with Crippen LogP contribution in [0.5, 0.6) is 0 Å². The lowest BCUT2D eigenvalue weighted by Gasteiger charge is -2.05. The number of halogens is 4. The van der Waals surface area contributed by atoms with E-state index in [1.54, 1.807) is 5.38 Å². The summed E-state index contributed by atoms with van der Waals surface area (Å²) < 4.78 is 37.0. The standard InChI is InChI=1S/C11H6F3N3S.BrH/c12-11(13,14)7-1-2-8(16-5-7)9-6-18-10(17-9)3-4-15;/h1-2,5-6H,3H2;1H. The van der Waals surface area contributed by atoms with E-state index < -0.39 is 11.7 Å². The smallest absolute Gasteiger partial charge is 0.254 e. The summed E-state index contributed by atoms with van der Waals surface area (Å²) in [6, 6.07) is 4.19. The minimum absolute atomic E-state index is 0. The average molecular weight is 350 g/mol. The van der Waals surface area contributed by atoms with Gasteiger partial charge in [0, 0.05) is 11.6 Å². The minimum Gasteiger partial charge on any atom is -0.254 e. The van der Waals surface area contributed by atoms with Crippen LogP contribution in [0.1, 0.15) is 10.6 Å². The van der Waals surface area contributed by atoms with Gasteiger partial charge in [-0.25, -0.2) is 4.98 Å². The number of pyridine rings is 1. The van der Waals surface area contributed by atoms with E-state index in [4.69, 9.17) is 5.26 Å². The summed E-state index contributed by atoms with van der Waals surface area (Å²) >= 11 is 1.28. The third kappa shape index (κ3) is 3.75. The van der Waals surface area contributed by atoms with Crippen LogP contribution < -0.4 is 0 Å². The van der Waals surface area contributed by atoms with E-state index in [9.17, 15) is 13.2 Å². The number of aromatic nitrogens is 2. The third-order valence-electron chi connectivity index (χ3n) is 2.14. The Morgan fingerprint density at radius 3 is 2.53 bits per heavy atom. The topological polar surface area (TPSA) is 49.6 Å². The van der Waals surface area contributed by atoms with Crippen molar-refractivity contribution in [3.8, 4) is 17.5 Å². The molecule has 19 heavy (non-hydrogen) atoms. The SMILES string of the molecule is Br.N#CCc1nc(-c2ccc(C(F)(F)F)cn2)cs1. The van der Waals surface area contributed by atoms with Crippen LogP contribution in [-0.2, 0) is 12.6 Å². The van der Waals surface area contributed by atoms with Gasteiger partial charge >= 0.3 is 6.18 Å². The zero-order valence-corrected chi connectivity index (χ0v) is 11.8. The van der Waals surface area contributed by atoms with Gasteiger partial charge in [0.1, 0.15) is 5.01 Å². The van der Waals surface area contributed by atoms with E-state index in [0.717, 1.165) is 12.3 Å². The Morgan fingerprint density at radius 2 is 2.00 bits per heavy atom. The van der Waals surface area contributed by atoms with Gasteiger partial charge in [-0.05, 0) is 12.1 Å². The van der Waals surface area contributed by atoms with Crippen molar-refractivity contribution in [3.63, 3.8) is 0 Å². The van der Waals surface area contributed by atoms with Gasteiger partial charge in [-0.2, -0.15) is 18.4 Å². The van der Waals surface area contributed by atoms with Crippen LogP contribution in [0.2, 0.25) is 0 Å². The molecule has 2 heterocycles. The van der Waals surface area contributed by atoms with Gasteiger partial charge in [0.15, 0.2) is 0 Å². The Labute approximate surface area is 121 Å². The predicted octanol–water partition coefficient (Wildman–Crippen LogP) is 3.87. The molecule has 0 amide bonds. The van der Waals surface area contributed by atoms with Gasteiger partial charge in [0.2, 0.25) is 0 Å². The highest BCUT2D eigenvalue weighted by molar-refractivity contribution is 8.93. The lowest BCUT2D eigenvalue weighted by atomic mass is 10.2. The second-order valence-electron chi connectivity index (χ2n) is 3.39. The van der Waals surface area contributed by atoms with E-state index >= 15 is 0 Å². The quantitative estimate of drug-likeness (QED) is 0.826. The maximum absolute atomic E-state index is 12.3. The summed E-state index contributed by atoms with van der Waals surface area (Å²) in [4.78, 5) is 7.84. The Hall–Kier alpha value is -1.46. The van der Waals surface area contributed by atoms with Crippen molar-refractivity contribution in [1.29, 1.82) is 5.26 Å². The number of rotatable bonds is 2. The lowest BCUT2D eigenvalue weighted by Crippen LogP contribution is -2.05. The second-order valence-corrected chi connectivity index (χ2v) is 4.33. The predicted molar refractivity (Wildman–Crippen MR) is 70.0 cm³/mol. The highest BCUT2D eigenvalue weighted by Gasteiger charge is 2.30. The maximum Gasteiger partial charge on any atom is 0.417 e. The first-order valence-corrected chi connectivity index (χ1v) is 5.73. The molecule has 0 fully saturated rings. The molecule has 0 bridgehead atoms. The molecule has 0 saturated carbocycles. The Balaban J connectivity index is 0.00000180. The van der Waals surface area contributed by atoms with Crippen molar-refractivity contribution in [3.05, 3.63) is 34.3 Å². The Bertz CT molecular complexity index is 586. The highest BCUT2D eigenvalue weighted by atomic mass is 79.9. The van der Waals surface area contributed by atoms with E-state index in [2.05, 4.69) is 9.97 Å². The number of nitrogens with zero attached hydrogens (tertiary/aromatic N) is 3. The van der Waals surface area contributed by atoms with E-state index in [1.807, 2.05) is 6.07 Å². The summed E-state index contributed by atoms with van der Waals surface area (Å²) in [6.45, 7) is 0. The summed E-state index contributed by atoms with van der Waals surface area (Å²) in [6.07, 6.45) is -3.43. The van der Waals surface area contributed by atoms with Gasteiger partial charge in [0.25, 0.3) is 0 Å². The third-order valence-corrected chi connectivity index (χ3v) is 2.98. The molecule has 2 aromatic rings. The van der Waals surface area contributed by atoms with Crippen molar-refractivity contribution in [2.24, 2.45) is 0 Å². The molecule has 0 aromatic carbocycles. The van der Waals surface area contributed by atoms with E-state index in [-0.39, 0.29) is 23.4 Å². The van der Waals surface area contributed by atoms with Gasteiger partial charge < -0.3 is 0 Å². The van der Waals surface area contributed by atoms with E-state index in [1.165, 1.54) is 17.4 Å². The van der Waals surface area contributed by atoms with Crippen molar-refractivity contribution in [2.75, 3.05) is 0 Å². The number of hydrogen-bond acceptors (Lipinski definition) is 4. The number of thiazole rings is 1. The molecule has 0 radical (unpaired) electrons. The monoisotopic (exact) mass is 349 g/mol. The van der Waals surface area contributed by atoms with Crippen LogP contribution in [0.25, 0.3) is 11.4 Å². The summed E-state index contributed by atoms with van der Waals surface area (Å²) in [5.74, 6) is 0. The molecule has 0 unspecified atom stereocenters. The molecule has 2 aromatic heterocycles. The van der Waals surface area contributed by atoms with Crippen molar-refractivity contribution < 1.29 is 13.2 Å². The molecule has 8 heteroatoms. The van der Waals surface area contributed by atoms with Crippen LogP contribution in [0.4, 0.5) is 13.2 Å². The zero-order chi connectivity index (χ0) is 13.2. The van der Waals surface area contributed by atoms with Gasteiger partial charge in [-0.1, -0.05) is 0 Å². The first kappa shape index (κ1) is 15.6. The highest BCUT2D eigenvalue weighted by Crippen LogP contribution is 2.29. The van der Waals surface area contributed by atoms with Crippen LogP contribution in [-0.4, -0.2) is 9.97 Å². The fourth-order valence-corrected chi connectivity index (χ4v) is 2.01. The minimum atomic E-state index is -4.39. The van der Waals surface area contributed by atoms with Crippen LogP contribution in [0.3, 0.4) is 0 Å². The van der Waals surface area contributed by atoms with Crippen LogP contribution in [0, 0.1) is 11.3 Å². The van der Waals surface area contributed by atoms with Crippen LogP contribution >= 0.6 is 28.3 Å². The summed E-state index contributed by atoms with van der Waals surface area (Å²) in [5, 5.41) is 10.8. The first-order chi connectivity index (χ1) is 8.50. The Kier molecular flexibility index (Phi) is 5.03. The first-order valence-electron chi connectivity index (χ1n) is 4.85. The molecule has 3 nitrogen and oxygen atoms in total. The van der Waals surface area contributed by atoms with Crippen molar-refractivity contribution in [1.82, 2.24) is 9.97 Å². The summed E-state index contributed by atoms with van der Waals surface area (Å²) in [5.41, 5.74) is 0.0566.